The van der Waals surface area contributed by atoms with Crippen LogP contribution >= 0.6 is 0 Å². The van der Waals surface area contributed by atoms with Gasteiger partial charge in [0.15, 0.2) is 0 Å². The largest absolute Gasteiger partial charge is 0.326 e. The van der Waals surface area contributed by atoms with Gasteiger partial charge in [0, 0.05) is 25.7 Å². The fraction of sp³-hybridized carbons (Fsp3) is 0.600. The van der Waals surface area contributed by atoms with Crippen molar-refractivity contribution in [3.05, 3.63) is 29.3 Å². The lowest BCUT2D eigenvalue weighted by Crippen LogP contribution is -2.42. The number of hydrogen-bond donors (Lipinski definition) is 1. The van der Waals surface area contributed by atoms with E-state index in [4.69, 9.17) is 5.73 Å². The fourth-order valence-corrected chi connectivity index (χ4v) is 4.82. The molecule has 0 aromatic heterocycles. The van der Waals surface area contributed by atoms with Crippen LogP contribution in [0.25, 0.3) is 0 Å². The molecule has 1 heterocycles. The number of aryl methyl sites for hydroxylation is 1. The molecular formula is C15H25N3O2S. The number of benzene rings is 1. The highest BCUT2D eigenvalue weighted by Crippen LogP contribution is 2.24. The zero-order chi connectivity index (χ0) is 15.6. The predicted octanol–water partition coefficient (Wildman–Crippen LogP) is 1.17. The lowest BCUT2D eigenvalue weighted by atomic mass is 10.1. The lowest BCUT2D eigenvalue weighted by Gasteiger charge is -2.28. The molecule has 6 heteroatoms. The van der Waals surface area contributed by atoms with Crippen molar-refractivity contribution in [3.63, 3.8) is 0 Å². The van der Waals surface area contributed by atoms with E-state index in [9.17, 15) is 8.42 Å². The van der Waals surface area contributed by atoms with Gasteiger partial charge in [0.1, 0.15) is 0 Å². The van der Waals surface area contributed by atoms with Crippen LogP contribution in [-0.2, 0) is 16.6 Å². The van der Waals surface area contributed by atoms with Crippen LogP contribution in [0.5, 0.6) is 0 Å². The summed E-state index contributed by atoms with van der Waals surface area (Å²) in [6, 6.07) is 5.41. The van der Waals surface area contributed by atoms with E-state index in [0.717, 1.165) is 30.6 Å². The zero-order valence-electron chi connectivity index (χ0n) is 13.0. The molecule has 1 aliphatic heterocycles. The Morgan fingerprint density at radius 3 is 2.71 bits per heavy atom. The van der Waals surface area contributed by atoms with Gasteiger partial charge in [0.25, 0.3) is 0 Å². The first kappa shape index (κ1) is 16.4. The maximum absolute atomic E-state index is 13.0. The molecule has 1 aromatic rings. The normalized spacial score (nSPS) is 22.2. The second kappa shape index (κ2) is 6.44. The summed E-state index contributed by atoms with van der Waals surface area (Å²) in [5.74, 6) is 0. The smallest absolute Gasteiger partial charge is 0.243 e. The van der Waals surface area contributed by atoms with Crippen molar-refractivity contribution in [2.24, 2.45) is 5.73 Å². The Bertz CT molecular complexity index is 601. The summed E-state index contributed by atoms with van der Waals surface area (Å²) in [6.07, 6.45) is 0.857. The van der Waals surface area contributed by atoms with Crippen molar-refractivity contribution in [1.29, 1.82) is 0 Å². The van der Waals surface area contributed by atoms with Gasteiger partial charge in [0.05, 0.1) is 4.90 Å². The molecule has 5 nitrogen and oxygen atoms in total. The summed E-state index contributed by atoms with van der Waals surface area (Å²) in [5.41, 5.74) is 7.27. The minimum absolute atomic E-state index is 0.0246. The molecule has 0 spiro atoms. The molecule has 2 N–H and O–H groups in total. The Morgan fingerprint density at radius 2 is 2.05 bits per heavy atom. The third kappa shape index (κ3) is 3.45. The molecule has 1 unspecified atom stereocenters. The van der Waals surface area contributed by atoms with E-state index in [1.807, 2.05) is 33.0 Å². The van der Waals surface area contributed by atoms with Gasteiger partial charge in [-0.05, 0) is 51.1 Å². The van der Waals surface area contributed by atoms with E-state index in [1.54, 1.807) is 10.4 Å². The van der Waals surface area contributed by atoms with E-state index in [0.29, 0.717) is 18.0 Å². The molecule has 118 valence electrons. The van der Waals surface area contributed by atoms with Gasteiger partial charge in [-0.25, -0.2) is 8.42 Å². The molecular weight excluding hydrogens is 286 g/mol. The van der Waals surface area contributed by atoms with Gasteiger partial charge in [-0.1, -0.05) is 12.1 Å². The highest BCUT2D eigenvalue weighted by atomic mass is 32.2. The second-order valence-electron chi connectivity index (χ2n) is 5.88. The van der Waals surface area contributed by atoms with Crippen LogP contribution in [0.4, 0.5) is 0 Å². The standard InChI is InChI=1S/C15H25N3O2S/c1-12-5-6-14(10-16)9-15(12)21(19,20)18-8-4-7-17(3)11-13(18)2/h5-6,9,13H,4,7-8,10-11,16H2,1-3H3. The number of likely N-dealkylation sites (N-methyl/N-ethyl adjacent to an activating group) is 1. The maximum atomic E-state index is 13.0. The van der Waals surface area contributed by atoms with Crippen LogP contribution in [-0.4, -0.2) is 50.3 Å². The van der Waals surface area contributed by atoms with E-state index in [1.165, 1.54) is 0 Å². The minimum atomic E-state index is -3.47. The molecule has 0 saturated carbocycles. The molecule has 0 bridgehead atoms. The Morgan fingerprint density at radius 1 is 1.33 bits per heavy atom. The highest BCUT2D eigenvalue weighted by Gasteiger charge is 2.32. The first-order valence-electron chi connectivity index (χ1n) is 7.36. The molecule has 0 aliphatic carbocycles. The number of sulfonamides is 1. The minimum Gasteiger partial charge on any atom is -0.326 e. The average molecular weight is 311 g/mol. The Hall–Kier alpha value is -0.950. The highest BCUT2D eigenvalue weighted by molar-refractivity contribution is 7.89. The van der Waals surface area contributed by atoms with Gasteiger partial charge in [-0.3, -0.25) is 0 Å². The maximum Gasteiger partial charge on any atom is 0.243 e. The molecule has 1 atom stereocenters. The fourth-order valence-electron chi connectivity index (χ4n) is 2.88. The van der Waals surface area contributed by atoms with Crippen molar-refractivity contribution in [2.75, 3.05) is 26.7 Å². The number of nitrogens with two attached hydrogens (primary N) is 1. The Labute approximate surface area is 127 Å². The summed E-state index contributed by atoms with van der Waals surface area (Å²) < 4.78 is 27.7. The SMILES string of the molecule is Cc1ccc(CN)cc1S(=O)(=O)N1CCCN(C)CC1C. The van der Waals surface area contributed by atoms with Crippen LogP contribution in [0, 0.1) is 6.92 Å². The Kier molecular flexibility index (Phi) is 5.03. The quantitative estimate of drug-likeness (QED) is 0.910. The molecule has 0 radical (unpaired) electrons. The van der Waals surface area contributed by atoms with E-state index < -0.39 is 10.0 Å². The second-order valence-corrected chi connectivity index (χ2v) is 7.74. The number of hydrogen-bond acceptors (Lipinski definition) is 4. The van der Waals surface area contributed by atoms with Crippen molar-refractivity contribution in [1.82, 2.24) is 9.21 Å². The van der Waals surface area contributed by atoms with Gasteiger partial charge in [-0.2, -0.15) is 4.31 Å². The first-order chi connectivity index (χ1) is 9.86. The third-order valence-corrected chi connectivity index (χ3v) is 6.22. The molecule has 1 saturated heterocycles. The molecule has 0 amide bonds. The van der Waals surface area contributed by atoms with Crippen LogP contribution < -0.4 is 5.73 Å². The first-order valence-corrected chi connectivity index (χ1v) is 8.80. The van der Waals surface area contributed by atoms with E-state index in [-0.39, 0.29) is 6.04 Å². The summed E-state index contributed by atoms with van der Waals surface area (Å²) in [7, 11) is -1.44. The van der Waals surface area contributed by atoms with Gasteiger partial charge in [-0.15, -0.1) is 0 Å². The van der Waals surface area contributed by atoms with Crippen LogP contribution in [0.15, 0.2) is 23.1 Å². The Balaban J connectivity index is 2.41. The van der Waals surface area contributed by atoms with Gasteiger partial charge >= 0.3 is 0 Å². The lowest BCUT2D eigenvalue weighted by molar-refractivity contribution is 0.290. The van der Waals surface area contributed by atoms with E-state index in [2.05, 4.69) is 4.90 Å². The summed E-state index contributed by atoms with van der Waals surface area (Å²) >= 11 is 0. The molecule has 1 aromatic carbocycles. The van der Waals surface area contributed by atoms with Gasteiger partial charge < -0.3 is 10.6 Å². The van der Waals surface area contributed by atoms with E-state index >= 15 is 0 Å². The molecule has 1 aliphatic rings. The topological polar surface area (TPSA) is 66.6 Å². The van der Waals surface area contributed by atoms with Gasteiger partial charge in [0.2, 0.25) is 10.0 Å². The van der Waals surface area contributed by atoms with Crippen molar-refractivity contribution in [3.8, 4) is 0 Å². The zero-order valence-corrected chi connectivity index (χ0v) is 13.9. The number of nitrogens with zero attached hydrogens (tertiary/aromatic N) is 2. The monoisotopic (exact) mass is 311 g/mol. The van der Waals surface area contributed by atoms with Crippen LogP contribution in [0.1, 0.15) is 24.5 Å². The third-order valence-electron chi connectivity index (χ3n) is 4.06. The van der Waals surface area contributed by atoms with Crippen LogP contribution in [0.3, 0.4) is 0 Å². The van der Waals surface area contributed by atoms with Crippen molar-refractivity contribution in [2.45, 2.75) is 37.8 Å². The van der Waals surface area contributed by atoms with Crippen molar-refractivity contribution < 1.29 is 8.42 Å². The summed E-state index contributed by atoms with van der Waals surface area (Å²) in [6.45, 7) is 6.41. The molecule has 2 rings (SSSR count). The molecule has 21 heavy (non-hydrogen) atoms. The molecule has 1 fully saturated rings. The summed E-state index contributed by atoms with van der Waals surface area (Å²) in [4.78, 5) is 2.57. The summed E-state index contributed by atoms with van der Waals surface area (Å²) in [5, 5.41) is 0. The van der Waals surface area contributed by atoms with Crippen LogP contribution in [0.2, 0.25) is 0 Å². The number of rotatable bonds is 3. The average Bonchev–Trinajstić information content (AvgIpc) is 2.60. The predicted molar refractivity (Wildman–Crippen MR) is 84.5 cm³/mol. The van der Waals surface area contributed by atoms with Crippen molar-refractivity contribution >= 4 is 10.0 Å².